The molecule has 2 heterocycles. The van der Waals surface area contributed by atoms with E-state index in [4.69, 9.17) is 4.74 Å². The molecule has 0 radical (unpaired) electrons. The Hall–Kier alpha value is -3.54. The fourth-order valence-electron chi connectivity index (χ4n) is 3.74. The standard InChI is InChI=1S/C24H23F4N5O2S/c1-35-20-7-2-16(24(26,27)28)12-19(20)31-22(34)14-36-23-13-21(29-15-30-23)33-10-8-32(9-11-33)18-5-3-17(25)4-6-18/h2-7,12-13,15H,8-11,14H2,1H3,(H,31,34). The highest BCUT2D eigenvalue weighted by Gasteiger charge is 2.31. The van der Waals surface area contributed by atoms with E-state index in [1.54, 1.807) is 18.2 Å². The van der Waals surface area contributed by atoms with E-state index >= 15 is 0 Å². The highest BCUT2D eigenvalue weighted by atomic mass is 32.2. The lowest BCUT2D eigenvalue weighted by Gasteiger charge is -2.36. The summed E-state index contributed by atoms with van der Waals surface area (Å²) >= 11 is 1.15. The summed E-state index contributed by atoms with van der Waals surface area (Å²) in [5, 5.41) is 3.04. The van der Waals surface area contributed by atoms with Crippen molar-refractivity contribution in [3.8, 4) is 5.75 Å². The molecule has 2 aromatic carbocycles. The lowest BCUT2D eigenvalue weighted by Crippen LogP contribution is -2.46. The maximum atomic E-state index is 13.2. The van der Waals surface area contributed by atoms with Crippen LogP contribution in [0.3, 0.4) is 0 Å². The molecule has 0 unspecified atom stereocenters. The Morgan fingerprint density at radius 3 is 2.39 bits per heavy atom. The second kappa shape index (κ2) is 11.0. The van der Waals surface area contributed by atoms with Crippen LogP contribution >= 0.6 is 11.8 Å². The molecule has 1 fully saturated rings. The van der Waals surface area contributed by atoms with Crippen molar-refractivity contribution >= 4 is 34.9 Å². The van der Waals surface area contributed by atoms with Gasteiger partial charge in [0, 0.05) is 37.9 Å². The molecule has 1 amide bonds. The molecule has 0 spiro atoms. The topological polar surface area (TPSA) is 70.6 Å². The Kier molecular flexibility index (Phi) is 7.82. The van der Waals surface area contributed by atoms with E-state index in [1.807, 2.05) is 0 Å². The van der Waals surface area contributed by atoms with Gasteiger partial charge in [-0.1, -0.05) is 11.8 Å². The molecular formula is C24H23F4N5O2S. The van der Waals surface area contributed by atoms with Gasteiger partial charge in [0.25, 0.3) is 0 Å². The molecule has 1 aromatic heterocycles. The van der Waals surface area contributed by atoms with Crippen LogP contribution in [0.4, 0.5) is 34.8 Å². The Balaban J connectivity index is 1.33. The number of carbonyl (C=O) groups excluding carboxylic acids is 1. The fraction of sp³-hybridized carbons (Fsp3) is 0.292. The molecule has 0 bridgehead atoms. The van der Waals surface area contributed by atoms with Crippen molar-refractivity contribution in [2.45, 2.75) is 11.2 Å². The predicted octanol–water partition coefficient (Wildman–Crippen LogP) is 4.70. The summed E-state index contributed by atoms with van der Waals surface area (Å²) in [4.78, 5) is 25.2. The van der Waals surface area contributed by atoms with E-state index in [-0.39, 0.29) is 23.0 Å². The first-order valence-electron chi connectivity index (χ1n) is 11.0. The molecule has 0 saturated carbocycles. The SMILES string of the molecule is COc1ccc(C(F)(F)F)cc1NC(=O)CSc1cc(N2CCN(c3ccc(F)cc3)CC2)ncn1. The van der Waals surface area contributed by atoms with Gasteiger partial charge in [0.05, 0.1) is 24.1 Å². The summed E-state index contributed by atoms with van der Waals surface area (Å²) in [5.41, 5.74) is 0.0185. The molecule has 7 nitrogen and oxygen atoms in total. The summed E-state index contributed by atoms with van der Waals surface area (Å²) in [5.74, 6) is 0.0159. The minimum Gasteiger partial charge on any atom is -0.495 e. The van der Waals surface area contributed by atoms with Gasteiger partial charge in [-0.3, -0.25) is 4.79 Å². The minimum atomic E-state index is -4.54. The summed E-state index contributed by atoms with van der Waals surface area (Å²) in [6.45, 7) is 2.88. The van der Waals surface area contributed by atoms with Gasteiger partial charge in [0.1, 0.15) is 28.7 Å². The fourth-order valence-corrected chi connectivity index (χ4v) is 4.40. The number of amides is 1. The van der Waals surface area contributed by atoms with Gasteiger partial charge in [-0.15, -0.1) is 0 Å². The Labute approximate surface area is 209 Å². The zero-order valence-electron chi connectivity index (χ0n) is 19.3. The Morgan fingerprint density at radius 2 is 1.72 bits per heavy atom. The zero-order chi connectivity index (χ0) is 25.7. The molecule has 1 N–H and O–H groups in total. The summed E-state index contributed by atoms with van der Waals surface area (Å²) < 4.78 is 57.3. The number of benzene rings is 2. The van der Waals surface area contributed by atoms with Crippen LogP contribution in [0.1, 0.15) is 5.56 Å². The van der Waals surface area contributed by atoms with E-state index in [1.165, 1.54) is 25.6 Å². The number of halogens is 4. The van der Waals surface area contributed by atoms with E-state index in [0.29, 0.717) is 23.9 Å². The maximum Gasteiger partial charge on any atom is 0.416 e. The average molecular weight is 522 g/mol. The van der Waals surface area contributed by atoms with Crippen LogP contribution in [0.15, 0.2) is 59.9 Å². The van der Waals surface area contributed by atoms with Crippen LogP contribution < -0.4 is 19.9 Å². The third-order valence-corrected chi connectivity index (χ3v) is 6.50. The molecule has 190 valence electrons. The smallest absolute Gasteiger partial charge is 0.416 e. The average Bonchev–Trinajstić information content (AvgIpc) is 2.88. The van der Waals surface area contributed by atoms with Crippen molar-refractivity contribution in [1.29, 1.82) is 0 Å². The number of nitrogens with zero attached hydrogens (tertiary/aromatic N) is 4. The van der Waals surface area contributed by atoms with Gasteiger partial charge < -0.3 is 19.9 Å². The molecule has 0 aliphatic carbocycles. The number of aromatic nitrogens is 2. The number of rotatable bonds is 7. The van der Waals surface area contributed by atoms with Crippen molar-refractivity contribution < 1.29 is 27.1 Å². The second-order valence-electron chi connectivity index (χ2n) is 7.91. The molecule has 12 heteroatoms. The molecule has 36 heavy (non-hydrogen) atoms. The van der Waals surface area contributed by atoms with E-state index < -0.39 is 17.6 Å². The van der Waals surface area contributed by atoms with Crippen LogP contribution in [0.25, 0.3) is 0 Å². The molecular weight excluding hydrogens is 498 g/mol. The number of alkyl halides is 3. The summed E-state index contributed by atoms with van der Waals surface area (Å²) in [7, 11) is 1.31. The lowest BCUT2D eigenvalue weighted by molar-refractivity contribution is -0.137. The van der Waals surface area contributed by atoms with Crippen molar-refractivity contribution in [2.75, 3.05) is 54.2 Å². The van der Waals surface area contributed by atoms with Crippen LogP contribution in [0, 0.1) is 5.82 Å². The normalized spacial score (nSPS) is 14.0. The van der Waals surface area contributed by atoms with Gasteiger partial charge in [-0.25, -0.2) is 14.4 Å². The quantitative estimate of drug-likeness (QED) is 0.275. The Bertz CT molecular complexity index is 1200. The van der Waals surface area contributed by atoms with Gasteiger partial charge >= 0.3 is 6.18 Å². The van der Waals surface area contributed by atoms with Gasteiger partial charge in [0.2, 0.25) is 5.91 Å². The molecule has 1 aliphatic rings. The van der Waals surface area contributed by atoms with Crippen molar-refractivity contribution in [3.63, 3.8) is 0 Å². The van der Waals surface area contributed by atoms with Crippen molar-refractivity contribution in [1.82, 2.24) is 9.97 Å². The molecule has 3 aromatic rings. The van der Waals surface area contributed by atoms with Crippen LogP contribution in [-0.2, 0) is 11.0 Å². The predicted molar refractivity (Wildman–Crippen MR) is 130 cm³/mol. The largest absolute Gasteiger partial charge is 0.495 e. The van der Waals surface area contributed by atoms with Crippen LogP contribution in [-0.4, -0.2) is 54.9 Å². The van der Waals surface area contributed by atoms with E-state index in [2.05, 4.69) is 25.1 Å². The van der Waals surface area contributed by atoms with E-state index in [9.17, 15) is 22.4 Å². The monoisotopic (exact) mass is 521 g/mol. The van der Waals surface area contributed by atoms with Crippen molar-refractivity contribution in [2.24, 2.45) is 0 Å². The number of methoxy groups -OCH3 is 1. The zero-order valence-corrected chi connectivity index (χ0v) is 20.1. The molecule has 1 aliphatic heterocycles. The lowest BCUT2D eigenvalue weighted by atomic mass is 10.2. The van der Waals surface area contributed by atoms with Crippen molar-refractivity contribution in [3.05, 3.63) is 66.2 Å². The highest BCUT2D eigenvalue weighted by Crippen LogP contribution is 2.35. The Morgan fingerprint density at radius 1 is 1.03 bits per heavy atom. The van der Waals surface area contributed by atoms with E-state index in [0.717, 1.165) is 48.7 Å². The number of nitrogens with one attached hydrogen (secondary N) is 1. The van der Waals surface area contributed by atoms with Gasteiger partial charge in [-0.05, 0) is 42.5 Å². The van der Waals surface area contributed by atoms with Crippen LogP contribution in [0.5, 0.6) is 5.75 Å². The number of thioether (sulfide) groups is 1. The second-order valence-corrected chi connectivity index (χ2v) is 8.91. The number of carbonyl (C=O) groups is 1. The third kappa shape index (κ3) is 6.36. The van der Waals surface area contributed by atoms with Crippen LogP contribution in [0.2, 0.25) is 0 Å². The molecule has 1 saturated heterocycles. The third-order valence-electron chi connectivity index (χ3n) is 5.58. The number of ether oxygens (including phenoxy) is 1. The highest BCUT2D eigenvalue weighted by molar-refractivity contribution is 7.99. The van der Waals surface area contributed by atoms with Gasteiger partial charge in [-0.2, -0.15) is 13.2 Å². The minimum absolute atomic E-state index is 0.0553. The molecule has 0 atom stereocenters. The first kappa shape index (κ1) is 25.5. The summed E-state index contributed by atoms with van der Waals surface area (Å²) in [6, 6.07) is 11.1. The first-order valence-corrected chi connectivity index (χ1v) is 12.0. The number of hydrogen-bond acceptors (Lipinski definition) is 7. The maximum absolute atomic E-state index is 13.2. The number of piperazine rings is 1. The number of anilines is 3. The molecule has 4 rings (SSSR count). The first-order chi connectivity index (χ1) is 17.2. The summed E-state index contributed by atoms with van der Waals surface area (Å²) in [6.07, 6.45) is -3.12. The van der Waals surface area contributed by atoms with Gasteiger partial charge in [0.15, 0.2) is 0 Å². The number of hydrogen-bond donors (Lipinski definition) is 1.